The van der Waals surface area contributed by atoms with Crippen LogP contribution in [-0.4, -0.2) is 24.6 Å². The molecule has 2 atom stereocenters. The van der Waals surface area contributed by atoms with Crippen molar-refractivity contribution in [2.24, 2.45) is 0 Å². The number of carbonyl (C=O) groups excluding carboxylic acids is 1. The van der Waals surface area contributed by atoms with Crippen molar-refractivity contribution < 1.29 is 23.9 Å². The highest BCUT2D eigenvalue weighted by Gasteiger charge is 2.39. The zero-order valence-corrected chi connectivity index (χ0v) is 19.4. The summed E-state index contributed by atoms with van der Waals surface area (Å²) in [5.41, 5.74) is 4.06. The van der Waals surface area contributed by atoms with Crippen LogP contribution in [0.1, 0.15) is 35.9 Å². The van der Waals surface area contributed by atoms with Gasteiger partial charge in [0.05, 0.1) is 41.1 Å². The quantitative estimate of drug-likeness (QED) is 0.378. The number of benzene rings is 3. The van der Waals surface area contributed by atoms with E-state index in [2.05, 4.69) is 10.6 Å². The third kappa shape index (κ3) is 3.69. The lowest BCUT2D eigenvalue weighted by atomic mass is 9.78. The fraction of sp³-hybridized carbons (Fsp3) is 0.222. The SMILES string of the molecule is COc1ccc([C@H]2CC(=O)C3=C(C2)Nc2ccccc2N[C@@H]3c2cc3c(cc2[N+](=O)[O-])OCO3)cc1. The molecule has 1 aliphatic carbocycles. The van der Waals surface area contributed by atoms with Crippen molar-refractivity contribution in [3.8, 4) is 17.2 Å². The number of hydrogen-bond donors (Lipinski definition) is 2. The molecule has 36 heavy (non-hydrogen) atoms. The van der Waals surface area contributed by atoms with Crippen LogP contribution in [0.15, 0.2) is 71.9 Å². The molecule has 0 saturated carbocycles. The molecule has 3 aromatic carbocycles. The summed E-state index contributed by atoms with van der Waals surface area (Å²) in [4.78, 5) is 25.4. The number of para-hydroxylation sites is 2. The molecule has 0 fully saturated rings. The van der Waals surface area contributed by atoms with Gasteiger partial charge in [0, 0.05) is 17.7 Å². The number of fused-ring (bicyclic) bond motifs is 2. The van der Waals surface area contributed by atoms with E-state index in [-0.39, 0.29) is 24.2 Å². The first kappa shape index (κ1) is 22.0. The van der Waals surface area contributed by atoms with Crippen LogP contribution < -0.4 is 24.8 Å². The number of methoxy groups -OCH3 is 1. The van der Waals surface area contributed by atoms with E-state index < -0.39 is 11.0 Å². The molecule has 2 N–H and O–H groups in total. The Kier molecular flexibility index (Phi) is 5.25. The fourth-order valence-corrected chi connectivity index (χ4v) is 5.17. The summed E-state index contributed by atoms with van der Waals surface area (Å²) < 4.78 is 16.2. The number of nitro groups is 1. The maximum absolute atomic E-state index is 13.7. The number of nitrogens with one attached hydrogen (secondary N) is 2. The van der Waals surface area contributed by atoms with Crippen molar-refractivity contribution in [2.45, 2.75) is 24.8 Å². The average molecular weight is 485 g/mol. The molecule has 2 aliphatic heterocycles. The summed E-state index contributed by atoms with van der Waals surface area (Å²) in [5.74, 6) is 1.39. The summed E-state index contributed by atoms with van der Waals surface area (Å²) in [6.07, 6.45) is 0.873. The smallest absolute Gasteiger partial charge is 0.279 e. The van der Waals surface area contributed by atoms with Gasteiger partial charge in [-0.3, -0.25) is 14.9 Å². The summed E-state index contributed by atoms with van der Waals surface area (Å²) in [6.45, 7) is -0.00512. The zero-order valence-electron chi connectivity index (χ0n) is 19.4. The normalized spacial score (nSPS) is 20.0. The van der Waals surface area contributed by atoms with E-state index in [0.29, 0.717) is 35.5 Å². The first-order chi connectivity index (χ1) is 17.5. The number of ketones is 1. The number of Topliss-reactive ketones (excluding diaryl/α,β-unsaturated/α-hetero) is 1. The Hall–Kier alpha value is -4.53. The Morgan fingerprint density at radius 3 is 2.44 bits per heavy atom. The van der Waals surface area contributed by atoms with Crippen molar-refractivity contribution in [1.29, 1.82) is 0 Å². The molecule has 9 heteroatoms. The van der Waals surface area contributed by atoms with Crippen molar-refractivity contribution in [3.63, 3.8) is 0 Å². The molecule has 0 unspecified atom stereocenters. The topological polar surface area (TPSA) is 112 Å². The molecule has 0 spiro atoms. The maximum Gasteiger partial charge on any atom is 0.279 e. The van der Waals surface area contributed by atoms with E-state index in [1.54, 1.807) is 13.2 Å². The van der Waals surface area contributed by atoms with Gasteiger partial charge in [-0.1, -0.05) is 24.3 Å². The summed E-state index contributed by atoms with van der Waals surface area (Å²) in [5, 5.41) is 18.9. The third-order valence-electron chi connectivity index (χ3n) is 6.93. The van der Waals surface area contributed by atoms with E-state index in [0.717, 1.165) is 28.4 Å². The molecule has 0 saturated heterocycles. The minimum Gasteiger partial charge on any atom is -0.497 e. The molecule has 6 rings (SSSR count). The molecule has 3 aliphatic rings. The van der Waals surface area contributed by atoms with Crippen LogP contribution in [0.25, 0.3) is 0 Å². The van der Waals surface area contributed by atoms with Crippen molar-refractivity contribution in [2.75, 3.05) is 24.5 Å². The molecule has 2 heterocycles. The number of anilines is 2. The molecule has 3 aromatic rings. The highest BCUT2D eigenvalue weighted by Crippen LogP contribution is 2.48. The van der Waals surface area contributed by atoms with E-state index >= 15 is 0 Å². The molecule has 0 radical (unpaired) electrons. The lowest BCUT2D eigenvalue weighted by Crippen LogP contribution is -2.27. The van der Waals surface area contributed by atoms with Crippen molar-refractivity contribution >= 4 is 22.8 Å². The van der Waals surface area contributed by atoms with Gasteiger partial charge < -0.3 is 24.8 Å². The molecule has 9 nitrogen and oxygen atoms in total. The summed E-state index contributed by atoms with van der Waals surface area (Å²) >= 11 is 0. The van der Waals surface area contributed by atoms with Gasteiger partial charge in [-0.05, 0) is 48.2 Å². The minimum absolute atomic E-state index is 0.00512. The fourth-order valence-electron chi connectivity index (χ4n) is 5.17. The molecule has 0 aromatic heterocycles. The number of nitrogens with zero attached hydrogens (tertiary/aromatic N) is 1. The number of rotatable bonds is 4. The predicted octanol–water partition coefficient (Wildman–Crippen LogP) is 5.31. The molecule has 182 valence electrons. The molecular formula is C27H23N3O6. The van der Waals surface area contributed by atoms with Crippen LogP contribution in [-0.2, 0) is 4.79 Å². The standard InChI is InChI=1S/C27H23N3O6/c1-34-17-8-6-15(7-9-17)16-10-21-26(23(31)11-16)27(29-20-5-3-2-4-19(20)28-21)18-12-24-25(36-14-35-24)13-22(18)30(32)33/h2-9,12-13,16,27-29H,10-11,14H2,1H3/t16-,27-/m1/s1. The number of carbonyl (C=O) groups is 1. The van der Waals surface area contributed by atoms with E-state index in [4.69, 9.17) is 14.2 Å². The first-order valence-electron chi connectivity index (χ1n) is 11.6. The second kappa shape index (κ2) is 8.60. The van der Waals surface area contributed by atoms with Gasteiger partial charge in [-0.2, -0.15) is 0 Å². The number of hydrogen-bond acceptors (Lipinski definition) is 8. The van der Waals surface area contributed by atoms with Crippen LogP contribution in [0.3, 0.4) is 0 Å². The third-order valence-corrected chi connectivity index (χ3v) is 6.93. The summed E-state index contributed by atoms with van der Waals surface area (Å²) in [6, 6.07) is 17.6. The monoisotopic (exact) mass is 485 g/mol. The maximum atomic E-state index is 13.7. The predicted molar refractivity (Wildman–Crippen MR) is 133 cm³/mol. The zero-order chi connectivity index (χ0) is 24.8. The Morgan fingerprint density at radius 2 is 1.72 bits per heavy atom. The molecular weight excluding hydrogens is 462 g/mol. The van der Waals surface area contributed by atoms with Gasteiger partial charge in [0.25, 0.3) is 5.69 Å². The van der Waals surface area contributed by atoms with Crippen LogP contribution >= 0.6 is 0 Å². The van der Waals surface area contributed by atoms with E-state index in [1.807, 2.05) is 48.5 Å². The average Bonchev–Trinajstić information content (AvgIpc) is 3.28. The lowest BCUT2D eigenvalue weighted by molar-refractivity contribution is -0.385. The molecule has 0 amide bonds. The van der Waals surface area contributed by atoms with Crippen molar-refractivity contribution in [3.05, 3.63) is 93.2 Å². The van der Waals surface area contributed by atoms with Gasteiger partial charge >= 0.3 is 0 Å². The summed E-state index contributed by atoms with van der Waals surface area (Å²) in [7, 11) is 1.62. The van der Waals surface area contributed by atoms with Gasteiger partial charge in [0.1, 0.15) is 5.75 Å². The Bertz CT molecular complexity index is 1420. The van der Waals surface area contributed by atoms with Gasteiger partial charge in [-0.25, -0.2) is 0 Å². The van der Waals surface area contributed by atoms with Gasteiger partial charge in [0.2, 0.25) is 6.79 Å². The number of nitro benzene ring substituents is 1. The Labute approximate surface area is 206 Å². The second-order valence-corrected chi connectivity index (χ2v) is 8.96. The highest BCUT2D eigenvalue weighted by molar-refractivity contribution is 6.01. The number of ether oxygens (including phenoxy) is 3. The van der Waals surface area contributed by atoms with Gasteiger partial charge in [-0.15, -0.1) is 0 Å². The van der Waals surface area contributed by atoms with E-state index in [9.17, 15) is 14.9 Å². The van der Waals surface area contributed by atoms with Gasteiger partial charge in [0.15, 0.2) is 17.3 Å². The van der Waals surface area contributed by atoms with Crippen LogP contribution in [0.4, 0.5) is 17.1 Å². The first-order valence-corrected chi connectivity index (χ1v) is 11.6. The largest absolute Gasteiger partial charge is 0.497 e. The Morgan fingerprint density at radius 1 is 1.00 bits per heavy atom. The minimum atomic E-state index is -0.740. The van der Waals surface area contributed by atoms with Crippen molar-refractivity contribution in [1.82, 2.24) is 0 Å². The number of allylic oxidation sites excluding steroid dienone is 1. The highest BCUT2D eigenvalue weighted by atomic mass is 16.7. The van der Waals surface area contributed by atoms with E-state index in [1.165, 1.54) is 6.07 Å². The second-order valence-electron chi connectivity index (χ2n) is 8.96. The Balaban J connectivity index is 1.48. The van der Waals surface area contributed by atoms with Crippen LogP contribution in [0.5, 0.6) is 17.2 Å². The lowest BCUT2D eigenvalue weighted by Gasteiger charge is -2.30. The van der Waals surface area contributed by atoms with Crippen LogP contribution in [0.2, 0.25) is 0 Å². The molecule has 0 bridgehead atoms. The van der Waals surface area contributed by atoms with Crippen LogP contribution in [0, 0.1) is 10.1 Å².